The number of benzene rings is 2. The smallest absolute Gasteiger partial charge is 0.251 e. The lowest BCUT2D eigenvalue weighted by Gasteiger charge is -2.20. The van der Waals surface area contributed by atoms with E-state index in [0.29, 0.717) is 10.6 Å². The molecule has 1 N–H and O–H groups in total. The van der Waals surface area contributed by atoms with Gasteiger partial charge in [0, 0.05) is 10.6 Å². The van der Waals surface area contributed by atoms with E-state index in [-0.39, 0.29) is 11.9 Å². The Balaban J connectivity index is 2.09. The molecule has 0 fully saturated rings. The Morgan fingerprint density at radius 1 is 1.09 bits per heavy atom. The first-order valence-corrected chi connectivity index (χ1v) is 8.20. The predicted molar refractivity (Wildman–Crippen MR) is 95.9 cm³/mol. The Hall–Kier alpha value is -1.84. The standard InChI is InChI=1S/C19H23ClN2O/c1-22(2)14-6-9-18(15-10-12-17(20)13-11-15)21-19(23)16-7-4-3-5-8-16/h3-5,7-8,10-13,18H,6,9,14H2,1-2H3,(H,21,23). The minimum Gasteiger partial charge on any atom is -0.345 e. The second-order valence-corrected chi connectivity index (χ2v) is 6.33. The van der Waals surface area contributed by atoms with Crippen molar-refractivity contribution in [3.63, 3.8) is 0 Å². The van der Waals surface area contributed by atoms with Crippen LogP contribution in [0.25, 0.3) is 0 Å². The van der Waals surface area contributed by atoms with Crippen molar-refractivity contribution in [3.05, 3.63) is 70.7 Å². The summed E-state index contributed by atoms with van der Waals surface area (Å²) in [7, 11) is 4.11. The number of hydrogen-bond acceptors (Lipinski definition) is 2. The van der Waals surface area contributed by atoms with Crippen LogP contribution in [0, 0.1) is 0 Å². The molecule has 0 aliphatic heterocycles. The maximum absolute atomic E-state index is 12.4. The van der Waals surface area contributed by atoms with Crippen molar-refractivity contribution in [2.75, 3.05) is 20.6 Å². The summed E-state index contributed by atoms with van der Waals surface area (Å²) in [5, 5.41) is 3.85. The highest BCUT2D eigenvalue weighted by Gasteiger charge is 2.15. The number of hydrogen-bond donors (Lipinski definition) is 1. The summed E-state index contributed by atoms with van der Waals surface area (Å²) in [4.78, 5) is 14.6. The van der Waals surface area contributed by atoms with Crippen LogP contribution in [0.2, 0.25) is 5.02 Å². The topological polar surface area (TPSA) is 32.3 Å². The lowest BCUT2D eigenvalue weighted by Crippen LogP contribution is -2.29. The first kappa shape index (κ1) is 17.5. The molecular formula is C19H23ClN2O. The number of carbonyl (C=O) groups excluding carboxylic acids is 1. The maximum atomic E-state index is 12.4. The summed E-state index contributed by atoms with van der Waals surface area (Å²) in [5.41, 5.74) is 1.76. The van der Waals surface area contributed by atoms with E-state index < -0.39 is 0 Å². The fourth-order valence-corrected chi connectivity index (χ4v) is 2.59. The van der Waals surface area contributed by atoms with E-state index in [0.717, 1.165) is 24.9 Å². The van der Waals surface area contributed by atoms with Gasteiger partial charge in [-0.05, 0) is 63.3 Å². The van der Waals surface area contributed by atoms with Crippen molar-refractivity contribution in [2.24, 2.45) is 0 Å². The molecule has 0 radical (unpaired) electrons. The van der Waals surface area contributed by atoms with Crippen LogP contribution in [0.3, 0.4) is 0 Å². The summed E-state index contributed by atoms with van der Waals surface area (Å²) in [6.45, 7) is 0.991. The van der Waals surface area contributed by atoms with Crippen molar-refractivity contribution in [2.45, 2.75) is 18.9 Å². The van der Waals surface area contributed by atoms with Gasteiger partial charge in [-0.15, -0.1) is 0 Å². The summed E-state index contributed by atoms with van der Waals surface area (Å²) in [5.74, 6) is -0.0459. The largest absolute Gasteiger partial charge is 0.345 e. The zero-order valence-corrected chi connectivity index (χ0v) is 14.4. The van der Waals surface area contributed by atoms with Crippen molar-refractivity contribution in [1.82, 2.24) is 10.2 Å². The molecule has 2 rings (SSSR count). The van der Waals surface area contributed by atoms with Gasteiger partial charge in [-0.3, -0.25) is 4.79 Å². The quantitative estimate of drug-likeness (QED) is 0.827. The molecule has 0 bridgehead atoms. The number of halogens is 1. The molecular weight excluding hydrogens is 308 g/mol. The molecule has 0 saturated heterocycles. The van der Waals surface area contributed by atoms with Crippen LogP contribution < -0.4 is 5.32 Å². The van der Waals surface area contributed by atoms with Crippen molar-refractivity contribution in [3.8, 4) is 0 Å². The monoisotopic (exact) mass is 330 g/mol. The zero-order chi connectivity index (χ0) is 16.7. The lowest BCUT2D eigenvalue weighted by molar-refractivity contribution is 0.0933. The van der Waals surface area contributed by atoms with Crippen LogP contribution >= 0.6 is 11.6 Å². The van der Waals surface area contributed by atoms with E-state index in [9.17, 15) is 4.79 Å². The fourth-order valence-electron chi connectivity index (χ4n) is 2.46. The first-order valence-electron chi connectivity index (χ1n) is 7.82. The number of nitrogens with one attached hydrogen (secondary N) is 1. The highest BCUT2D eigenvalue weighted by Crippen LogP contribution is 2.21. The van der Waals surface area contributed by atoms with E-state index >= 15 is 0 Å². The molecule has 23 heavy (non-hydrogen) atoms. The minimum absolute atomic E-state index is 0.0140. The summed E-state index contributed by atoms with van der Waals surface area (Å²) < 4.78 is 0. The fraction of sp³-hybridized carbons (Fsp3) is 0.316. The Kier molecular flexibility index (Phi) is 6.63. The van der Waals surface area contributed by atoms with Crippen LogP contribution in [0.4, 0.5) is 0 Å². The van der Waals surface area contributed by atoms with Gasteiger partial charge in [0.1, 0.15) is 0 Å². The Morgan fingerprint density at radius 3 is 2.35 bits per heavy atom. The molecule has 0 aliphatic carbocycles. The number of carbonyl (C=O) groups is 1. The molecule has 0 aliphatic rings. The molecule has 0 heterocycles. The molecule has 3 nitrogen and oxygen atoms in total. The van der Waals surface area contributed by atoms with Gasteiger partial charge in [0.25, 0.3) is 5.91 Å². The molecule has 0 spiro atoms. The van der Waals surface area contributed by atoms with Crippen LogP contribution in [0.1, 0.15) is 34.8 Å². The SMILES string of the molecule is CN(C)CCCC(NC(=O)c1ccccc1)c1ccc(Cl)cc1. The third-order valence-electron chi connectivity index (χ3n) is 3.71. The molecule has 1 unspecified atom stereocenters. The number of nitrogens with zero attached hydrogens (tertiary/aromatic N) is 1. The Labute approximate surface area is 143 Å². The van der Waals surface area contributed by atoms with Gasteiger partial charge in [0.15, 0.2) is 0 Å². The molecule has 2 aromatic rings. The van der Waals surface area contributed by atoms with E-state index in [4.69, 9.17) is 11.6 Å². The van der Waals surface area contributed by atoms with Crippen LogP contribution in [-0.2, 0) is 0 Å². The molecule has 1 amide bonds. The van der Waals surface area contributed by atoms with E-state index in [1.807, 2.05) is 54.6 Å². The van der Waals surface area contributed by atoms with Crippen molar-refractivity contribution < 1.29 is 4.79 Å². The van der Waals surface area contributed by atoms with Gasteiger partial charge in [0.05, 0.1) is 6.04 Å². The number of amides is 1. The average molecular weight is 331 g/mol. The summed E-state index contributed by atoms with van der Waals surface area (Å²) in [6, 6.07) is 17.0. The highest BCUT2D eigenvalue weighted by atomic mass is 35.5. The molecule has 0 saturated carbocycles. The maximum Gasteiger partial charge on any atom is 0.251 e. The van der Waals surface area contributed by atoms with Gasteiger partial charge in [-0.1, -0.05) is 41.9 Å². The van der Waals surface area contributed by atoms with E-state index in [1.54, 1.807) is 0 Å². The Bertz CT molecular complexity index is 611. The minimum atomic E-state index is -0.0459. The number of rotatable bonds is 7. The second-order valence-electron chi connectivity index (χ2n) is 5.89. The third-order valence-corrected chi connectivity index (χ3v) is 3.96. The average Bonchev–Trinajstić information content (AvgIpc) is 2.55. The second kappa shape index (κ2) is 8.70. The van der Waals surface area contributed by atoms with Gasteiger partial charge < -0.3 is 10.2 Å². The van der Waals surface area contributed by atoms with Gasteiger partial charge >= 0.3 is 0 Å². The van der Waals surface area contributed by atoms with Gasteiger partial charge in [-0.2, -0.15) is 0 Å². The summed E-state index contributed by atoms with van der Waals surface area (Å²) in [6.07, 6.45) is 1.90. The van der Waals surface area contributed by atoms with Crippen molar-refractivity contribution in [1.29, 1.82) is 0 Å². The predicted octanol–water partition coefficient (Wildman–Crippen LogP) is 4.15. The lowest BCUT2D eigenvalue weighted by atomic mass is 10.0. The molecule has 4 heteroatoms. The van der Waals surface area contributed by atoms with E-state index in [1.165, 1.54) is 0 Å². The molecule has 2 aromatic carbocycles. The zero-order valence-electron chi connectivity index (χ0n) is 13.6. The molecule has 0 aromatic heterocycles. The normalized spacial score (nSPS) is 12.2. The highest BCUT2D eigenvalue weighted by molar-refractivity contribution is 6.30. The summed E-state index contributed by atoms with van der Waals surface area (Å²) >= 11 is 5.97. The van der Waals surface area contributed by atoms with E-state index in [2.05, 4.69) is 24.3 Å². The van der Waals surface area contributed by atoms with Crippen LogP contribution in [-0.4, -0.2) is 31.4 Å². The van der Waals surface area contributed by atoms with Gasteiger partial charge in [-0.25, -0.2) is 0 Å². The van der Waals surface area contributed by atoms with Crippen LogP contribution in [0.5, 0.6) is 0 Å². The first-order chi connectivity index (χ1) is 11.1. The molecule has 122 valence electrons. The van der Waals surface area contributed by atoms with Crippen molar-refractivity contribution >= 4 is 17.5 Å². The molecule has 1 atom stereocenters. The Morgan fingerprint density at radius 2 is 1.74 bits per heavy atom. The van der Waals surface area contributed by atoms with Gasteiger partial charge in [0.2, 0.25) is 0 Å². The van der Waals surface area contributed by atoms with Crippen LogP contribution in [0.15, 0.2) is 54.6 Å². The third kappa shape index (κ3) is 5.70.